The summed E-state index contributed by atoms with van der Waals surface area (Å²) in [5.41, 5.74) is -1.02. The Morgan fingerprint density at radius 3 is 2.75 bits per heavy atom. The Morgan fingerprint density at radius 1 is 1.58 bits per heavy atom. The van der Waals surface area contributed by atoms with Gasteiger partial charge in [0.2, 0.25) is 5.66 Å². The van der Waals surface area contributed by atoms with Gasteiger partial charge in [-0.15, -0.1) is 9.81 Å². The SMILES string of the molecule is CC1CN(N=O)C(C)(N=O)CN1. The first-order valence-electron chi connectivity index (χ1n) is 3.81. The second kappa shape index (κ2) is 3.14. The lowest BCUT2D eigenvalue weighted by atomic mass is 10.1. The molecule has 0 spiro atoms. The van der Waals surface area contributed by atoms with Crippen LogP contribution in [0.5, 0.6) is 0 Å². The van der Waals surface area contributed by atoms with E-state index >= 15 is 0 Å². The summed E-state index contributed by atoms with van der Waals surface area (Å²) in [6.45, 7) is 4.29. The van der Waals surface area contributed by atoms with Crippen LogP contribution in [0.4, 0.5) is 0 Å². The molecule has 0 aromatic carbocycles. The molecule has 0 bridgehead atoms. The van der Waals surface area contributed by atoms with E-state index in [1.165, 1.54) is 5.01 Å². The molecule has 2 atom stereocenters. The third kappa shape index (κ3) is 1.42. The third-order valence-electron chi connectivity index (χ3n) is 2.08. The van der Waals surface area contributed by atoms with Crippen LogP contribution in [-0.2, 0) is 0 Å². The van der Waals surface area contributed by atoms with Crippen LogP contribution in [-0.4, -0.2) is 29.8 Å². The fourth-order valence-corrected chi connectivity index (χ4v) is 1.18. The number of hydrogen-bond acceptors (Lipinski definition) is 5. The predicted molar refractivity (Wildman–Crippen MR) is 44.2 cm³/mol. The molecule has 0 aromatic heterocycles. The van der Waals surface area contributed by atoms with Gasteiger partial charge in [-0.1, -0.05) is 0 Å². The molecule has 1 N–H and O–H groups in total. The monoisotopic (exact) mass is 172 g/mol. The lowest BCUT2D eigenvalue weighted by molar-refractivity contribution is 0.0627. The minimum Gasteiger partial charge on any atom is -0.308 e. The Morgan fingerprint density at radius 2 is 2.25 bits per heavy atom. The van der Waals surface area contributed by atoms with Gasteiger partial charge in [0, 0.05) is 12.6 Å². The maximum atomic E-state index is 10.4. The summed E-state index contributed by atoms with van der Waals surface area (Å²) in [4.78, 5) is 20.8. The van der Waals surface area contributed by atoms with E-state index in [2.05, 4.69) is 15.8 Å². The first-order valence-corrected chi connectivity index (χ1v) is 3.81. The summed E-state index contributed by atoms with van der Waals surface area (Å²) in [5, 5.41) is 9.89. The van der Waals surface area contributed by atoms with E-state index in [0.717, 1.165) is 0 Å². The van der Waals surface area contributed by atoms with Crippen molar-refractivity contribution in [1.82, 2.24) is 10.3 Å². The summed E-state index contributed by atoms with van der Waals surface area (Å²) < 4.78 is 0. The number of nitroso groups, excluding NO2 is 2. The lowest BCUT2D eigenvalue weighted by Crippen LogP contribution is -2.59. The van der Waals surface area contributed by atoms with Crippen molar-refractivity contribution in [2.75, 3.05) is 13.1 Å². The molecule has 1 saturated heterocycles. The van der Waals surface area contributed by atoms with Gasteiger partial charge in [0.1, 0.15) is 0 Å². The molecule has 68 valence electrons. The summed E-state index contributed by atoms with van der Waals surface area (Å²) >= 11 is 0. The van der Waals surface area contributed by atoms with Crippen LogP contribution in [0.2, 0.25) is 0 Å². The van der Waals surface area contributed by atoms with E-state index in [0.29, 0.717) is 13.1 Å². The van der Waals surface area contributed by atoms with Crippen LogP contribution in [0.25, 0.3) is 0 Å². The number of piperazine rings is 1. The van der Waals surface area contributed by atoms with E-state index in [9.17, 15) is 9.81 Å². The van der Waals surface area contributed by atoms with Crippen molar-refractivity contribution in [2.45, 2.75) is 25.6 Å². The van der Waals surface area contributed by atoms with Crippen LogP contribution in [0.15, 0.2) is 10.5 Å². The Labute approximate surface area is 70.2 Å². The molecule has 1 rings (SSSR count). The zero-order chi connectivity index (χ0) is 9.19. The zero-order valence-corrected chi connectivity index (χ0v) is 7.15. The maximum Gasteiger partial charge on any atom is 0.201 e. The van der Waals surface area contributed by atoms with Gasteiger partial charge >= 0.3 is 0 Å². The van der Waals surface area contributed by atoms with E-state index in [1.54, 1.807) is 6.92 Å². The highest BCUT2D eigenvalue weighted by Gasteiger charge is 2.38. The smallest absolute Gasteiger partial charge is 0.201 e. The molecule has 2 unspecified atom stereocenters. The van der Waals surface area contributed by atoms with Gasteiger partial charge in [0.15, 0.2) is 0 Å². The van der Waals surface area contributed by atoms with Crippen LogP contribution in [0, 0.1) is 9.81 Å². The first kappa shape index (κ1) is 9.05. The van der Waals surface area contributed by atoms with Crippen molar-refractivity contribution in [3.8, 4) is 0 Å². The molecule has 0 saturated carbocycles. The maximum absolute atomic E-state index is 10.4. The highest BCUT2D eigenvalue weighted by molar-refractivity contribution is 4.90. The van der Waals surface area contributed by atoms with E-state index in [4.69, 9.17) is 0 Å². The molecule has 6 heteroatoms. The van der Waals surface area contributed by atoms with Gasteiger partial charge in [-0.25, -0.2) is 5.01 Å². The molecular formula is C6H12N4O2. The Kier molecular flexibility index (Phi) is 2.37. The second-order valence-corrected chi connectivity index (χ2v) is 3.25. The van der Waals surface area contributed by atoms with Crippen LogP contribution in [0.3, 0.4) is 0 Å². The topological polar surface area (TPSA) is 74.1 Å². The fraction of sp³-hybridized carbons (Fsp3) is 1.00. The van der Waals surface area contributed by atoms with Crippen molar-refractivity contribution in [3.63, 3.8) is 0 Å². The molecule has 0 aliphatic carbocycles. The Bertz CT molecular complexity index is 198. The molecule has 6 nitrogen and oxygen atoms in total. The van der Waals surface area contributed by atoms with Gasteiger partial charge in [-0.3, -0.25) is 0 Å². The Balaban J connectivity index is 2.74. The molecule has 1 aliphatic rings. The summed E-state index contributed by atoms with van der Waals surface area (Å²) in [5.74, 6) is 0. The molecule has 0 amide bonds. The van der Waals surface area contributed by atoms with Gasteiger partial charge < -0.3 is 5.32 Å². The molecule has 1 aliphatic heterocycles. The first-order chi connectivity index (χ1) is 5.62. The average molecular weight is 172 g/mol. The Hall–Kier alpha value is -1.04. The average Bonchev–Trinajstić information content (AvgIpc) is 2.09. The van der Waals surface area contributed by atoms with Crippen molar-refractivity contribution >= 4 is 0 Å². The van der Waals surface area contributed by atoms with Crippen molar-refractivity contribution in [1.29, 1.82) is 0 Å². The van der Waals surface area contributed by atoms with Gasteiger partial charge in [-0.05, 0) is 19.0 Å². The summed E-state index contributed by atoms with van der Waals surface area (Å²) in [7, 11) is 0. The highest BCUT2D eigenvalue weighted by atomic mass is 16.3. The number of nitrogens with zero attached hydrogens (tertiary/aromatic N) is 3. The number of hydrogen-bond donors (Lipinski definition) is 1. The minimum atomic E-state index is -1.02. The minimum absolute atomic E-state index is 0.164. The molecule has 1 heterocycles. The second-order valence-electron chi connectivity index (χ2n) is 3.25. The number of rotatable bonds is 2. The number of nitrogens with one attached hydrogen (secondary N) is 1. The van der Waals surface area contributed by atoms with Crippen LogP contribution in [0.1, 0.15) is 13.8 Å². The zero-order valence-electron chi connectivity index (χ0n) is 7.15. The van der Waals surface area contributed by atoms with Gasteiger partial charge in [-0.2, -0.15) is 0 Å². The highest BCUT2D eigenvalue weighted by Crippen LogP contribution is 2.20. The summed E-state index contributed by atoms with van der Waals surface area (Å²) in [6.07, 6.45) is 0. The molecule has 0 radical (unpaired) electrons. The quantitative estimate of drug-likeness (QED) is 0.613. The molecular weight excluding hydrogens is 160 g/mol. The van der Waals surface area contributed by atoms with Gasteiger partial charge in [0.05, 0.1) is 11.8 Å². The van der Waals surface area contributed by atoms with E-state index < -0.39 is 5.66 Å². The fourth-order valence-electron chi connectivity index (χ4n) is 1.18. The van der Waals surface area contributed by atoms with E-state index in [-0.39, 0.29) is 6.04 Å². The van der Waals surface area contributed by atoms with Crippen molar-refractivity contribution in [3.05, 3.63) is 9.81 Å². The molecule has 0 aromatic rings. The van der Waals surface area contributed by atoms with E-state index in [1.807, 2.05) is 6.92 Å². The summed E-state index contributed by atoms with van der Waals surface area (Å²) in [6, 6.07) is 0.164. The van der Waals surface area contributed by atoms with Crippen molar-refractivity contribution < 1.29 is 0 Å². The molecule has 1 fully saturated rings. The van der Waals surface area contributed by atoms with Crippen LogP contribution < -0.4 is 5.32 Å². The largest absolute Gasteiger partial charge is 0.308 e. The normalized spacial score (nSPS) is 36.2. The lowest BCUT2D eigenvalue weighted by Gasteiger charge is -2.38. The van der Waals surface area contributed by atoms with Crippen LogP contribution >= 0.6 is 0 Å². The third-order valence-corrected chi connectivity index (χ3v) is 2.08. The molecule has 12 heavy (non-hydrogen) atoms. The van der Waals surface area contributed by atoms with Gasteiger partial charge in [0.25, 0.3) is 0 Å². The predicted octanol–water partition coefficient (Wildman–Crippen LogP) is 0.444. The standard InChI is InChI=1S/C6H12N4O2/c1-5-3-10(9-12)6(2,8-11)4-7-5/h5,7H,3-4H2,1-2H3. The van der Waals surface area contributed by atoms with Crippen molar-refractivity contribution in [2.24, 2.45) is 10.5 Å².